The topological polar surface area (TPSA) is 60.7 Å². The van der Waals surface area contributed by atoms with Gasteiger partial charge >= 0.3 is 0 Å². The highest BCUT2D eigenvalue weighted by molar-refractivity contribution is 6.05. The van der Waals surface area contributed by atoms with Gasteiger partial charge in [0.05, 0.1) is 11.1 Å². The molecule has 0 saturated heterocycles. The van der Waals surface area contributed by atoms with Crippen LogP contribution < -0.4 is 5.32 Å². The van der Waals surface area contributed by atoms with Crippen molar-refractivity contribution in [1.82, 2.24) is 15.3 Å². The quantitative estimate of drug-likeness (QED) is 0.646. The molecule has 0 saturated carbocycles. The number of carbonyl (C=O) groups is 1. The third-order valence-corrected chi connectivity index (χ3v) is 2.95. The van der Waals surface area contributed by atoms with Crippen LogP contribution in [0.1, 0.15) is 15.9 Å². The number of para-hydroxylation sites is 1. The normalized spacial score (nSPS) is 10.7. The van der Waals surface area contributed by atoms with Gasteiger partial charge in [-0.2, -0.15) is 0 Å². The molecule has 3 N–H and O–H groups in total. The van der Waals surface area contributed by atoms with E-state index in [2.05, 4.69) is 15.3 Å². The second kappa shape index (κ2) is 4.41. The Labute approximate surface area is 104 Å². The second-order valence-electron chi connectivity index (χ2n) is 4.15. The van der Waals surface area contributed by atoms with Gasteiger partial charge in [0.2, 0.25) is 0 Å². The lowest BCUT2D eigenvalue weighted by molar-refractivity contribution is 0.0952. The van der Waals surface area contributed by atoms with Gasteiger partial charge in [0.25, 0.3) is 5.91 Å². The molecule has 0 bridgehead atoms. The summed E-state index contributed by atoms with van der Waals surface area (Å²) in [6.07, 6.45) is 5.55. The summed E-state index contributed by atoms with van der Waals surface area (Å²) < 4.78 is 0. The molecular formula is C14H13N3O. The van der Waals surface area contributed by atoms with Gasteiger partial charge in [0.15, 0.2) is 0 Å². The molecule has 0 unspecified atom stereocenters. The Bertz CT molecular complexity index is 667. The predicted molar refractivity (Wildman–Crippen MR) is 70.3 cm³/mol. The van der Waals surface area contributed by atoms with Crippen molar-refractivity contribution in [2.45, 2.75) is 6.54 Å². The summed E-state index contributed by atoms with van der Waals surface area (Å²) in [4.78, 5) is 18.2. The van der Waals surface area contributed by atoms with Crippen molar-refractivity contribution < 1.29 is 4.79 Å². The van der Waals surface area contributed by atoms with Gasteiger partial charge in [0.1, 0.15) is 0 Å². The molecule has 1 aromatic carbocycles. The Morgan fingerprint density at radius 2 is 2.11 bits per heavy atom. The summed E-state index contributed by atoms with van der Waals surface area (Å²) in [5, 5.41) is 3.95. The predicted octanol–water partition coefficient (Wildman–Crippen LogP) is 2.43. The Morgan fingerprint density at radius 1 is 1.17 bits per heavy atom. The fourth-order valence-corrected chi connectivity index (χ4v) is 2.02. The maximum absolute atomic E-state index is 12.1. The number of nitrogens with one attached hydrogen (secondary N) is 3. The van der Waals surface area contributed by atoms with Crippen LogP contribution in [0.25, 0.3) is 10.9 Å². The third kappa shape index (κ3) is 1.88. The first-order valence-corrected chi connectivity index (χ1v) is 5.80. The van der Waals surface area contributed by atoms with E-state index < -0.39 is 0 Å². The van der Waals surface area contributed by atoms with Crippen LogP contribution >= 0.6 is 0 Å². The molecule has 0 fully saturated rings. The van der Waals surface area contributed by atoms with E-state index in [0.717, 1.165) is 16.5 Å². The standard InChI is InChI=1S/C14H13N3O/c18-14(17-9-10-4-6-15-8-10)12-3-1-2-11-5-7-16-13(11)12/h1-8,15-16H,9H2,(H,17,18). The highest BCUT2D eigenvalue weighted by atomic mass is 16.1. The number of hydrogen-bond acceptors (Lipinski definition) is 1. The van der Waals surface area contributed by atoms with Crippen LogP contribution in [-0.4, -0.2) is 15.9 Å². The fourth-order valence-electron chi connectivity index (χ4n) is 2.02. The highest BCUT2D eigenvalue weighted by Gasteiger charge is 2.10. The summed E-state index contributed by atoms with van der Waals surface area (Å²) in [5.41, 5.74) is 2.61. The molecule has 0 aliphatic carbocycles. The summed E-state index contributed by atoms with van der Waals surface area (Å²) in [7, 11) is 0. The smallest absolute Gasteiger partial charge is 0.253 e. The number of hydrogen-bond donors (Lipinski definition) is 3. The Morgan fingerprint density at radius 3 is 2.94 bits per heavy atom. The van der Waals surface area contributed by atoms with E-state index in [9.17, 15) is 4.79 Å². The molecule has 0 radical (unpaired) electrons. The zero-order chi connectivity index (χ0) is 12.4. The molecular weight excluding hydrogens is 226 g/mol. The average molecular weight is 239 g/mol. The van der Waals surface area contributed by atoms with Crippen LogP contribution in [0.5, 0.6) is 0 Å². The van der Waals surface area contributed by atoms with Crippen LogP contribution in [0.2, 0.25) is 0 Å². The summed E-state index contributed by atoms with van der Waals surface area (Å²) in [5.74, 6) is -0.0655. The van der Waals surface area contributed by atoms with E-state index in [-0.39, 0.29) is 5.91 Å². The van der Waals surface area contributed by atoms with Crippen LogP contribution in [0.4, 0.5) is 0 Å². The molecule has 0 spiro atoms. The van der Waals surface area contributed by atoms with Crippen LogP contribution in [0, 0.1) is 0 Å². The van der Waals surface area contributed by atoms with Gasteiger partial charge in [-0.1, -0.05) is 12.1 Å². The Hall–Kier alpha value is -2.49. The molecule has 3 aromatic rings. The average Bonchev–Trinajstić information content (AvgIpc) is 3.05. The maximum atomic E-state index is 12.1. The monoisotopic (exact) mass is 239 g/mol. The van der Waals surface area contributed by atoms with E-state index in [1.54, 1.807) is 0 Å². The minimum atomic E-state index is -0.0655. The molecule has 0 atom stereocenters. The molecule has 90 valence electrons. The van der Waals surface area contributed by atoms with Gasteiger partial charge < -0.3 is 15.3 Å². The SMILES string of the molecule is O=C(NCc1cc[nH]c1)c1cccc2cc[nH]c12. The summed E-state index contributed by atoms with van der Waals surface area (Å²) in [6, 6.07) is 9.59. The van der Waals surface area contributed by atoms with Crippen LogP contribution in [0.15, 0.2) is 48.9 Å². The van der Waals surface area contributed by atoms with E-state index in [0.29, 0.717) is 12.1 Å². The number of fused-ring (bicyclic) bond motifs is 1. The molecule has 0 aliphatic heterocycles. The molecule has 0 aliphatic rings. The number of carbonyl (C=O) groups excluding carboxylic acids is 1. The van der Waals surface area contributed by atoms with Crippen molar-refractivity contribution in [2.75, 3.05) is 0 Å². The largest absolute Gasteiger partial charge is 0.367 e. The molecule has 2 aromatic heterocycles. The third-order valence-electron chi connectivity index (χ3n) is 2.95. The number of aromatic amines is 2. The summed E-state index contributed by atoms with van der Waals surface area (Å²) >= 11 is 0. The van der Waals surface area contributed by atoms with Gasteiger partial charge in [-0.25, -0.2) is 0 Å². The van der Waals surface area contributed by atoms with Gasteiger partial charge in [-0.3, -0.25) is 4.79 Å². The van der Waals surface area contributed by atoms with E-state index in [4.69, 9.17) is 0 Å². The van der Waals surface area contributed by atoms with Crippen molar-refractivity contribution >= 4 is 16.8 Å². The summed E-state index contributed by atoms with van der Waals surface area (Å²) in [6.45, 7) is 0.527. The number of aromatic nitrogens is 2. The fraction of sp³-hybridized carbons (Fsp3) is 0.0714. The number of amides is 1. The Kier molecular flexibility index (Phi) is 2.61. The molecule has 1 amide bonds. The van der Waals surface area contributed by atoms with Gasteiger partial charge in [0, 0.05) is 30.5 Å². The molecule has 3 rings (SSSR count). The zero-order valence-corrected chi connectivity index (χ0v) is 9.73. The van der Waals surface area contributed by atoms with Crippen LogP contribution in [0.3, 0.4) is 0 Å². The van der Waals surface area contributed by atoms with E-state index in [1.807, 2.05) is 48.9 Å². The van der Waals surface area contributed by atoms with Crippen molar-refractivity contribution in [2.24, 2.45) is 0 Å². The Balaban J connectivity index is 1.81. The lowest BCUT2D eigenvalue weighted by Crippen LogP contribution is -2.22. The lowest BCUT2D eigenvalue weighted by atomic mass is 10.1. The first-order chi connectivity index (χ1) is 8.84. The lowest BCUT2D eigenvalue weighted by Gasteiger charge is -2.05. The van der Waals surface area contributed by atoms with E-state index in [1.165, 1.54) is 0 Å². The van der Waals surface area contributed by atoms with Crippen molar-refractivity contribution in [1.29, 1.82) is 0 Å². The number of H-pyrrole nitrogens is 2. The van der Waals surface area contributed by atoms with Crippen molar-refractivity contribution in [3.8, 4) is 0 Å². The molecule has 18 heavy (non-hydrogen) atoms. The first-order valence-electron chi connectivity index (χ1n) is 5.80. The highest BCUT2D eigenvalue weighted by Crippen LogP contribution is 2.16. The second-order valence-corrected chi connectivity index (χ2v) is 4.15. The van der Waals surface area contributed by atoms with Gasteiger partial charge in [-0.05, 0) is 23.8 Å². The molecule has 4 nitrogen and oxygen atoms in total. The minimum Gasteiger partial charge on any atom is -0.367 e. The first kappa shape index (κ1) is 10.7. The minimum absolute atomic E-state index is 0.0655. The molecule has 4 heteroatoms. The van der Waals surface area contributed by atoms with Crippen LogP contribution in [-0.2, 0) is 6.54 Å². The number of rotatable bonds is 3. The molecule has 2 heterocycles. The van der Waals surface area contributed by atoms with Crippen molar-refractivity contribution in [3.63, 3.8) is 0 Å². The van der Waals surface area contributed by atoms with Crippen molar-refractivity contribution in [3.05, 3.63) is 60.0 Å². The zero-order valence-electron chi connectivity index (χ0n) is 9.73. The maximum Gasteiger partial charge on any atom is 0.253 e. The van der Waals surface area contributed by atoms with E-state index >= 15 is 0 Å². The number of benzene rings is 1. The van der Waals surface area contributed by atoms with Gasteiger partial charge in [-0.15, -0.1) is 0 Å².